The minimum absolute atomic E-state index is 0.184. The van der Waals surface area contributed by atoms with Crippen molar-refractivity contribution in [3.8, 4) is 0 Å². The van der Waals surface area contributed by atoms with Crippen LogP contribution in [0.25, 0.3) is 0 Å². The van der Waals surface area contributed by atoms with Gasteiger partial charge in [0.1, 0.15) is 6.04 Å². The van der Waals surface area contributed by atoms with Crippen LogP contribution in [0.3, 0.4) is 0 Å². The molecule has 6 nitrogen and oxygen atoms in total. The van der Waals surface area contributed by atoms with Gasteiger partial charge in [-0.3, -0.25) is 9.59 Å². The van der Waals surface area contributed by atoms with Gasteiger partial charge in [-0.05, 0) is 13.3 Å². The molecule has 0 aromatic heterocycles. The van der Waals surface area contributed by atoms with Crippen LogP contribution in [0.5, 0.6) is 0 Å². The third-order valence-corrected chi connectivity index (χ3v) is 2.43. The zero-order chi connectivity index (χ0) is 14.1. The second-order valence-corrected chi connectivity index (χ2v) is 3.91. The predicted octanol–water partition coefficient (Wildman–Crippen LogP) is 0.390. The lowest BCUT2D eigenvalue weighted by Crippen LogP contribution is -2.46. The average molecular weight is 256 g/mol. The first-order chi connectivity index (χ1) is 8.40. The summed E-state index contributed by atoms with van der Waals surface area (Å²) < 4.78 is 0. The van der Waals surface area contributed by atoms with Crippen molar-refractivity contribution in [3.63, 3.8) is 0 Å². The maximum Gasteiger partial charge on any atom is 0.326 e. The molecule has 0 spiro atoms. The number of nitrogens with zero attached hydrogens (tertiary/aromatic N) is 1. The molecule has 0 heterocycles. The van der Waals surface area contributed by atoms with Crippen LogP contribution in [-0.2, 0) is 14.4 Å². The van der Waals surface area contributed by atoms with E-state index in [9.17, 15) is 14.4 Å². The maximum atomic E-state index is 11.8. The Morgan fingerprint density at radius 1 is 1.44 bits per heavy atom. The second-order valence-electron chi connectivity index (χ2n) is 3.91. The van der Waals surface area contributed by atoms with E-state index in [4.69, 9.17) is 5.11 Å². The first-order valence-corrected chi connectivity index (χ1v) is 5.77. The number of carbonyl (C=O) groups is 3. The summed E-state index contributed by atoms with van der Waals surface area (Å²) in [5.74, 6) is -1.53. The highest BCUT2D eigenvalue weighted by Crippen LogP contribution is 2.04. The lowest BCUT2D eigenvalue weighted by atomic mass is 10.2. The van der Waals surface area contributed by atoms with Gasteiger partial charge in [0.15, 0.2) is 0 Å². The van der Waals surface area contributed by atoms with Crippen LogP contribution in [0.4, 0.5) is 0 Å². The summed E-state index contributed by atoms with van der Waals surface area (Å²) in [5, 5.41) is 11.5. The van der Waals surface area contributed by atoms with Crippen LogP contribution in [0.1, 0.15) is 26.7 Å². The number of allylic oxidation sites excluding steroid dienone is 1. The van der Waals surface area contributed by atoms with Gasteiger partial charge in [-0.1, -0.05) is 6.08 Å². The number of nitrogens with one attached hydrogen (secondary N) is 1. The molecule has 0 saturated heterocycles. The minimum Gasteiger partial charge on any atom is -0.480 e. The zero-order valence-electron chi connectivity index (χ0n) is 10.8. The van der Waals surface area contributed by atoms with Crippen molar-refractivity contribution in [2.45, 2.75) is 32.7 Å². The third-order valence-electron chi connectivity index (χ3n) is 2.43. The van der Waals surface area contributed by atoms with E-state index in [-0.39, 0.29) is 31.3 Å². The van der Waals surface area contributed by atoms with Gasteiger partial charge >= 0.3 is 5.97 Å². The van der Waals surface area contributed by atoms with Crippen molar-refractivity contribution < 1.29 is 19.5 Å². The smallest absolute Gasteiger partial charge is 0.326 e. The molecule has 6 heteroatoms. The SMILES string of the molecule is C=CCCC(=O)N(CCNC(C)=O)C(C)C(=O)O. The van der Waals surface area contributed by atoms with Gasteiger partial charge in [0.2, 0.25) is 11.8 Å². The number of carbonyl (C=O) groups excluding carboxylic acids is 2. The van der Waals surface area contributed by atoms with E-state index >= 15 is 0 Å². The van der Waals surface area contributed by atoms with E-state index in [0.29, 0.717) is 6.42 Å². The second kappa shape index (κ2) is 8.27. The Morgan fingerprint density at radius 3 is 2.50 bits per heavy atom. The monoisotopic (exact) mass is 256 g/mol. The summed E-state index contributed by atoms with van der Waals surface area (Å²) in [4.78, 5) is 34.7. The molecule has 0 rings (SSSR count). The molecule has 0 bridgehead atoms. The van der Waals surface area contributed by atoms with Gasteiger partial charge in [0.05, 0.1) is 0 Å². The van der Waals surface area contributed by atoms with E-state index in [2.05, 4.69) is 11.9 Å². The van der Waals surface area contributed by atoms with Gasteiger partial charge in [0.25, 0.3) is 0 Å². The Hall–Kier alpha value is -1.85. The summed E-state index contributed by atoms with van der Waals surface area (Å²) in [6, 6.07) is -0.906. The highest BCUT2D eigenvalue weighted by atomic mass is 16.4. The van der Waals surface area contributed by atoms with Crippen molar-refractivity contribution in [1.82, 2.24) is 10.2 Å². The van der Waals surface area contributed by atoms with Crippen LogP contribution in [0, 0.1) is 0 Å². The molecule has 2 N–H and O–H groups in total. The van der Waals surface area contributed by atoms with E-state index in [1.165, 1.54) is 18.7 Å². The molecule has 0 radical (unpaired) electrons. The average Bonchev–Trinajstić information content (AvgIpc) is 2.30. The molecule has 0 aliphatic carbocycles. The molecule has 1 atom stereocenters. The van der Waals surface area contributed by atoms with Crippen molar-refractivity contribution in [2.24, 2.45) is 0 Å². The van der Waals surface area contributed by atoms with Gasteiger partial charge in [-0.2, -0.15) is 0 Å². The largest absolute Gasteiger partial charge is 0.480 e. The topological polar surface area (TPSA) is 86.7 Å². The lowest BCUT2D eigenvalue weighted by Gasteiger charge is -2.26. The van der Waals surface area contributed by atoms with Gasteiger partial charge in [0, 0.05) is 26.4 Å². The Bertz CT molecular complexity index is 328. The standard InChI is InChI=1S/C12H20N2O4/c1-4-5-6-11(16)14(9(2)12(17)18)8-7-13-10(3)15/h4,9H,1,5-8H2,2-3H3,(H,13,15)(H,17,18). The fourth-order valence-electron chi connectivity index (χ4n) is 1.39. The summed E-state index contributed by atoms with van der Waals surface area (Å²) >= 11 is 0. The predicted molar refractivity (Wildman–Crippen MR) is 66.9 cm³/mol. The molecular formula is C12H20N2O4. The summed E-state index contributed by atoms with van der Waals surface area (Å²) in [6.07, 6.45) is 2.33. The quantitative estimate of drug-likeness (QED) is 0.615. The first kappa shape index (κ1) is 16.1. The highest BCUT2D eigenvalue weighted by molar-refractivity contribution is 5.83. The molecule has 1 unspecified atom stereocenters. The molecule has 0 aromatic carbocycles. The summed E-state index contributed by atoms with van der Waals surface area (Å²) in [6.45, 7) is 6.75. The maximum absolute atomic E-state index is 11.8. The number of carboxylic acids is 1. The fourth-order valence-corrected chi connectivity index (χ4v) is 1.39. The van der Waals surface area contributed by atoms with Crippen LogP contribution >= 0.6 is 0 Å². The first-order valence-electron chi connectivity index (χ1n) is 5.77. The Balaban J connectivity index is 4.50. The van der Waals surface area contributed by atoms with Crippen LogP contribution in [0.2, 0.25) is 0 Å². The minimum atomic E-state index is -1.07. The Morgan fingerprint density at radius 2 is 2.06 bits per heavy atom. The van der Waals surface area contributed by atoms with Crippen LogP contribution < -0.4 is 5.32 Å². The number of hydrogen-bond acceptors (Lipinski definition) is 3. The molecule has 18 heavy (non-hydrogen) atoms. The van der Waals surface area contributed by atoms with Crippen molar-refractivity contribution >= 4 is 17.8 Å². The number of hydrogen-bond donors (Lipinski definition) is 2. The van der Waals surface area contributed by atoms with Crippen LogP contribution in [0.15, 0.2) is 12.7 Å². The number of rotatable bonds is 8. The van der Waals surface area contributed by atoms with Gasteiger partial charge in [-0.15, -0.1) is 6.58 Å². The summed E-state index contributed by atoms with van der Waals surface area (Å²) in [5.41, 5.74) is 0. The Labute approximate surface area is 107 Å². The van der Waals surface area contributed by atoms with Gasteiger partial charge < -0.3 is 15.3 Å². The Kier molecular flexibility index (Phi) is 7.42. The van der Waals surface area contributed by atoms with E-state index in [0.717, 1.165) is 0 Å². The molecular weight excluding hydrogens is 236 g/mol. The molecule has 0 aliphatic heterocycles. The lowest BCUT2D eigenvalue weighted by molar-refractivity contribution is -0.149. The van der Waals surface area contributed by atoms with E-state index < -0.39 is 12.0 Å². The molecule has 102 valence electrons. The number of amides is 2. The normalized spacial score (nSPS) is 11.4. The van der Waals surface area contributed by atoms with E-state index in [1.807, 2.05) is 0 Å². The number of aliphatic carboxylic acids is 1. The molecule has 0 aliphatic rings. The highest BCUT2D eigenvalue weighted by Gasteiger charge is 2.24. The number of carboxylic acid groups (broad SMARTS) is 1. The van der Waals surface area contributed by atoms with Gasteiger partial charge in [-0.25, -0.2) is 4.79 Å². The molecule has 0 fully saturated rings. The third kappa shape index (κ3) is 6.03. The van der Waals surface area contributed by atoms with Crippen molar-refractivity contribution in [1.29, 1.82) is 0 Å². The van der Waals surface area contributed by atoms with Crippen molar-refractivity contribution in [3.05, 3.63) is 12.7 Å². The van der Waals surface area contributed by atoms with Crippen LogP contribution in [-0.4, -0.2) is 46.9 Å². The zero-order valence-corrected chi connectivity index (χ0v) is 10.8. The molecule has 0 saturated carbocycles. The molecule has 2 amide bonds. The van der Waals surface area contributed by atoms with Crippen molar-refractivity contribution in [2.75, 3.05) is 13.1 Å². The van der Waals surface area contributed by atoms with E-state index in [1.54, 1.807) is 6.08 Å². The fraction of sp³-hybridized carbons (Fsp3) is 0.583. The summed E-state index contributed by atoms with van der Waals surface area (Å²) in [7, 11) is 0. The molecule has 0 aromatic rings.